The van der Waals surface area contributed by atoms with Crippen molar-refractivity contribution in [1.29, 1.82) is 0 Å². The Bertz CT molecular complexity index is 2270. The highest BCUT2D eigenvalue weighted by Crippen LogP contribution is 2.37. The van der Waals surface area contributed by atoms with Crippen LogP contribution in [0.4, 0.5) is 0 Å². The van der Waals surface area contributed by atoms with Crippen molar-refractivity contribution in [3.8, 4) is 0 Å². The number of amides is 5. The lowest BCUT2D eigenvalue weighted by atomic mass is 9.79. The molecular formula is C112H231N7O11. The van der Waals surface area contributed by atoms with Crippen LogP contribution in [0.25, 0.3) is 0 Å². The van der Waals surface area contributed by atoms with Gasteiger partial charge in [-0.1, -0.05) is 280 Å². The standard InChI is InChI=1S/4C11H21NO.2C10H19NO2.C10H19NO.2C10H18O.9C2H6/c2*1-3-12-8-11(13)10-6-4-9(2)5-7-10;2*1-3-8-12-11(13)10-6-4-9(2)5-7-10;2*1-3-11-9(12)10(13)6-4-8(2)5-7-10;1-3-11-10(12)9-6-4-8(2)5-7-9;2*1-3-10(11)9-6-4-8(2)5-7-9;9*1-2/h2*9-10,12H,3-8H2,1-2H3;2*9-10H,3-8H2,1-2H3,(H,12,13);2*8,13H,3-7H2,1-2H3,(H,11,12);8-9H,3-7H2,1-2H3,(H,11,12);2*8-9H,3-7H2,1-2H3;9*1-2H3. The third-order valence-electron chi connectivity index (χ3n) is 26.0. The number of Topliss-reactive ketones (excluding diaryl/α,β-unsaturated/α-hetero) is 4. The molecule has 9 fully saturated rings. The Hall–Kier alpha value is -4.13. The SMILES string of the molecule is CC.CC.CC.CC.CC.CC.CC.CC.CC.CCC(=O)C1CCC(C)CC1.CCC(=O)C1CCC(C)CC1.CCCNC(=O)C1CCC(C)CC1.CCCNC(=O)C1CCC(C)CC1.CCNC(=O)C1(O)CCC(C)CC1.CCNC(=O)C1(O)CCC(C)CC1.CCNC(=O)C1CCC(C)CC1.CCNCC(=O)C1CCC(C)CC1.CCNCC(=O)C1CCC(C)CC1. The van der Waals surface area contributed by atoms with Crippen molar-refractivity contribution in [2.45, 2.75) is 517 Å². The molecule has 9 N–H and O–H groups in total. The van der Waals surface area contributed by atoms with E-state index >= 15 is 0 Å². The Labute approximate surface area is 809 Å². The van der Waals surface area contributed by atoms with Gasteiger partial charge >= 0.3 is 0 Å². The van der Waals surface area contributed by atoms with E-state index in [4.69, 9.17) is 0 Å². The fraction of sp³-hybridized carbons (Fsp3) is 0.920. The Morgan fingerprint density at radius 2 is 0.392 bits per heavy atom. The van der Waals surface area contributed by atoms with E-state index in [9.17, 15) is 53.4 Å². The third kappa shape index (κ3) is 74.1. The van der Waals surface area contributed by atoms with E-state index in [-0.39, 0.29) is 29.5 Å². The highest BCUT2D eigenvalue weighted by Gasteiger charge is 2.40. The number of hydrogen-bond acceptors (Lipinski definition) is 13. The van der Waals surface area contributed by atoms with E-state index in [0.717, 1.165) is 215 Å². The van der Waals surface area contributed by atoms with Crippen LogP contribution in [0.2, 0.25) is 0 Å². The Morgan fingerprint density at radius 3 is 0.562 bits per heavy atom. The zero-order chi connectivity index (χ0) is 102. The van der Waals surface area contributed by atoms with Crippen molar-refractivity contribution in [3.05, 3.63) is 0 Å². The molecule has 18 heteroatoms. The lowest BCUT2D eigenvalue weighted by molar-refractivity contribution is -0.144. The topological polar surface area (TPSA) is 278 Å². The molecule has 0 saturated heterocycles. The van der Waals surface area contributed by atoms with E-state index in [1.807, 2.05) is 173 Å². The van der Waals surface area contributed by atoms with E-state index in [1.165, 1.54) is 89.9 Å². The predicted molar refractivity (Wildman–Crippen MR) is 565 cm³/mol. The molecule has 9 aliphatic rings. The number of carbonyl (C=O) groups excluding carboxylic acids is 9. The maximum absolute atomic E-state index is 11.6. The maximum atomic E-state index is 11.6. The number of ketones is 4. The zero-order valence-electron chi connectivity index (χ0n) is 93.5. The molecule has 0 spiro atoms. The van der Waals surface area contributed by atoms with E-state index in [1.54, 1.807) is 0 Å². The summed E-state index contributed by atoms with van der Waals surface area (Å²) in [5.74, 6) is 11.9. The van der Waals surface area contributed by atoms with Crippen LogP contribution in [-0.2, 0) is 43.2 Å². The zero-order valence-corrected chi connectivity index (χ0v) is 93.5. The van der Waals surface area contributed by atoms with Crippen molar-refractivity contribution in [2.75, 3.05) is 58.9 Å². The normalized spacial score (nSPS) is 26.8. The molecule has 0 aromatic carbocycles. The van der Waals surface area contributed by atoms with Crippen LogP contribution < -0.4 is 37.2 Å². The second-order valence-electron chi connectivity index (χ2n) is 36.5. The Balaban J connectivity index is -0.000000177. The summed E-state index contributed by atoms with van der Waals surface area (Å²) in [6.45, 7) is 80.8. The highest BCUT2D eigenvalue weighted by molar-refractivity contribution is 5.86. The van der Waals surface area contributed by atoms with Gasteiger partial charge in [0.2, 0.25) is 17.7 Å². The first-order valence-corrected chi connectivity index (χ1v) is 55.7. The quantitative estimate of drug-likeness (QED) is 0.0435. The molecule has 0 aromatic rings. The van der Waals surface area contributed by atoms with Crippen LogP contribution in [0.3, 0.4) is 0 Å². The van der Waals surface area contributed by atoms with Crippen molar-refractivity contribution >= 4 is 52.7 Å². The van der Waals surface area contributed by atoms with Gasteiger partial charge < -0.3 is 47.4 Å². The van der Waals surface area contributed by atoms with Crippen LogP contribution in [0, 0.1) is 94.7 Å². The van der Waals surface area contributed by atoms with E-state index in [2.05, 4.69) is 113 Å². The van der Waals surface area contributed by atoms with E-state index in [0.29, 0.717) is 128 Å². The highest BCUT2D eigenvalue weighted by atomic mass is 16.3. The van der Waals surface area contributed by atoms with Gasteiger partial charge in [-0.25, -0.2) is 0 Å². The number of nitrogens with one attached hydrogen (secondary N) is 7. The van der Waals surface area contributed by atoms with Gasteiger partial charge in [-0.15, -0.1) is 0 Å². The summed E-state index contributed by atoms with van der Waals surface area (Å²) < 4.78 is 0. The van der Waals surface area contributed by atoms with Gasteiger partial charge in [0.1, 0.15) is 34.3 Å². The van der Waals surface area contributed by atoms with Gasteiger partial charge in [-0.3, -0.25) is 43.2 Å². The van der Waals surface area contributed by atoms with Crippen LogP contribution >= 0.6 is 0 Å². The lowest BCUT2D eigenvalue weighted by Crippen LogP contribution is -2.48. The summed E-state index contributed by atoms with van der Waals surface area (Å²) in [7, 11) is 0. The molecule has 0 unspecified atom stereocenters. The minimum Gasteiger partial charge on any atom is -0.380 e. The Kier molecular flexibility index (Phi) is 110. The largest absolute Gasteiger partial charge is 0.380 e. The van der Waals surface area contributed by atoms with Crippen molar-refractivity contribution in [3.63, 3.8) is 0 Å². The molecule has 9 aliphatic carbocycles. The number of likely N-dealkylation sites (N-methyl/N-ethyl adjacent to an activating group) is 4. The fourth-order valence-electron chi connectivity index (χ4n) is 16.9. The smallest absolute Gasteiger partial charge is 0.251 e. The predicted octanol–water partition coefficient (Wildman–Crippen LogP) is 27.6. The first-order chi connectivity index (χ1) is 62.3. The minimum atomic E-state index is -1.08. The summed E-state index contributed by atoms with van der Waals surface area (Å²) in [6, 6.07) is 0. The molecule has 18 nitrogen and oxygen atoms in total. The molecule has 130 heavy (non-hydrogen) atoms. The summed E-state index contributed by atoms with van der Waals surface area (Å²) in [6.07, 6.45) is 42.8. The van der Waals surface area contributed by atoms with Crippen LogP contribution in [0.1, 0.15) is 506 Å². The lowest BCUT2D eigenvalue weighted by Gasteiger charge is -2.33. The van der Waals surface area contributed by atoms with Gasteiger partial charge in [0.15, 0.2) is 0 Å². The second-order valence-corrected chi connectivity index (χ2v) is 36.5. The molecule has 0 atom stereocenters. The molecule has 9 saturated carbocycles. The fourth-order valence-corrected chi connectivity index (χ4v) is 16.9. The third-order valence-corrected chi connectivity index (χ3v) is 26.0. The van der Waals surface area contributed by atoms with Gasteiger partial charge in [0, 0.05) is 87.0 Å². The number of hydrogen-bond donors (Lipinski definition) is 9. The molecule has 9 rings (SSSR count). The van der Waals surface area contributed by atoms with Crippen LogP contribution in [0.15, 0.2) is 0 Å². The average molecular weight is 1850 g/mol. The second kappa shape index (κ2) is 99.4. The van der Waals surface area contributed by atoms with Crippen LogP contribution in [0.5, 0.6) is 0 Å². The number of aliphatic hydroxyl groups is 2. The van der Waals surface area contributed by atoms with Gasteiger partial charge in [0.05, 0.1) is 13.1 Å². The van der Waals surface area contributed by atoms with Gasteiger partial charge in [0.25, 0.3) is 11.8 Å². The monoisotopic (exact) mass is 1850 g/mol. The molecule has 0 bridgehead atoms. The first kappa shape index (κ1) is 144. The molecule has 0 aliphatic heterocycles. The summed E-state index contributed by atoms with van der Waals surface area (Å²) in [5.41, 5.74) is -2.16. The molecule has 0 aromatic heterocycles. The van der Waals surface area contributed by atoms with Crippen molar-refractivity contribution in [1.82, 2.24) is 37.2 Å². The maximum Gasteiger partial charge on any atom is 0.251 e. The van der Waals surface area contributed by atoms with Crippen LogP contribution in [-0.4, -0.2) is 133 Å². The average Bonchev–Trinajstić information content (AvgIpc) is 0.835. The van der Waals surface area contributed by atoms with Crippen molar-refractivity contribution in [2.24, 2.45) is 94.7 Å². The summed E-state index contributed by atoms with van der Waals surface area (Å²) in [5, 5.41) is 40.4. The minimum absolute atomic E-state index is 0.193. The molecule has 0 radical (unpaired) electrons. The molecule has 0 heterocycles. The van der Waals surface area contributed by atoms with E-state index < -0.39 is 11.2 Å². The van der Waals surface area contributed by atoms with Crippen molar-refractivity contribution < 1.29 is 53.4 Å². The summed E-state index contributed by atoms with van der Waals surface area (Å²) >= 11 is 0. The Morgan fingerprint density at radius 1 is 0.223 bits per heavy atom. The molecule has 5 amide bonds. The molecule has 780 valence electrons. The van der Waals surface area contributed by atoms with Gasteiger partial charge in [-0.2, -0.15) is 0 Å². The number of rotatable bonds is 24. The first-order valence-electron chi connectivity index (χ1n) is 55.7. The number of carbonyl (C=O) groups is 9. The molecular weight excluding hydrogens is 1620 g/mol. The summed E-state index contributed by atoms with van der Waals surface area (Å²) in [4.78, 5) is 103. The van der Waals surface area contributed by atoms with Gasteiger partial charge in [-0.05, 0) is 280 Å².